The average molecular weight is 342 g/mol. The summed E-state index contributed by atoms with van der Waals surface area (Å²) in [7, 11) is 1.88. The molecule has 0 aliphatic heterocycles. The molecular weight excluding hydrogens is 326 g/mol. The maximum Gasteiger partial charge on any atom is 0.249 e. The lowest BCUT2D eigenvalue weighted by Crippen LogP contribution is -2.22. The number of nitrogens with one attached hydrogen (secondary N) is 1. The van der Waals surface area contributed by atoms with Crippen molar-refractivity contribution >= 4 is 17.5 Å². The highest BCUT2D eigenvalue weighted by atomic mass is 19.1. The molecule has 0 atom stereocenters. The van der Waals surface area contributed by atoms with E-state index >= 15 is 0 Å². The van der Waals surface area contributed by atoms with Gasteiger partial charge >= 0.3 is 0 Å². The molecule has 2 aromatic heterocycles. The van der Waals surface area contributed by atoms with E-state index in [4.69, 9.17) is 0 Å². The maximum absolute atomic E-state index is 13.7. The van der Waals surface area contributed by atoms with Crippen LogP contribution in [0.25, 0.3) is 0 Å². The Morgan fingerprint density at radius 2 is 1.92 bits per heavy atom. The molecule has 128 valence electrons. The van der Waals surface area contributed by atoms with E-state index in [1.807, 2.05) is 24.1 Å². The zero-order chi connectivity index (χ0) is 17.6. The molecule has 0 unspecified atom stereocenters. The first-order valence-electron chi connectivity index (χ1n) is 7.63. The van der Waals surface area contributed by atoms with E-state index in [1.54, 1.807) is 12.4 Å². The molecule has 6 nitrogen and oxygen atoms in total. The topological polar surface area (TPSA) is 66.8 Å². The Balaban J connectivity index is 1.68. The van der Waals surface area contributed by atoms with Crippen LogP contribution in [-0.4, -0.2) is 33.8 Å². The summed E-state index contributed by atoms with van der Waals surface area (Å²) in [5.41, 5.74) is 1.25. The first-order valence-corrected chi connectivity index (χ1v) is 7.63. The highest BCUT2D eigenvalue weighted by molar-refractivity contribution is 5.55. The summed E-state index contributed by atoms with van der Waals surface area (Å²) in [5, 5.41) is 10.4. The van der Waals surface area contributed by atoms with Crippen LogP contribution in [0.1, 0.15) is 5.56 Å². The van der Waals surface area contributed by atoms with Crippen LogP contribution in [0, 0.1) is 11.6 Å². The quantitative estimate of drug-likeness (QED) is 0.743. The summed E-state index contributed by atoms with van der Waals surface area (Å²) in [5.74, 6) is -0.639. The highest BCUT2D eigenvalue weighted by Crippen LogP contribution is 2.19. The van der Waals surface area contributed by atoms with Gasteiger partial charge in [-0.25, -0.2) is 8.78 Å². The summed E-state index contributed by atoms with van der Waals surface area (Å²) in [6.07, 6.45) is 5.85. The molecule has 8 heteroatoms. The second-order valence-corrected chi connectivity index (χ2v) is 5.41. The van der Waals surface area contributed by atoms with Crippen LogP contribution in [0.5, 0.6) is 0 Å². The number of pyridine rings is 1. The van der Waals surface area contributed by atoms with Crippen molar-refractivity contribution in [2.24, 2.45) is 0 Å². The molecule has 1 aromatic carbocycles. The zero-order valence-electron chi connectivity index (χ0n) is 13.5. The van der Waals surface area contributed by atoms with Gasteiger partial charge in [0, 0.05) is 32.1 Å². The molecule has 1 N–H and O–H groups in total. The lowest BCUT2D eigenvalue weighted by molar-refractivity contribution is 0.586. The average Bonchev–Trinajstić information content (AvgIpc) is 2.63. The van der Waals surface area contributed by atoms with E-state index in [2.05, 4.69) is 25.5 Å². The molecule has 2 heterocycles. The molecule has 3 rings (SSSR count). The molecule has 0 spiro atoms. The molecule has 0 saturated heterocycles. The number of likely N-dealkylation sites (N-methyl/N-ethyl adjacent to an activating group) is 1. The standard InChI is InChI=1S/C17H16F2N6/c1-25(9-6-12-4-7-20-8-5-12)16-11-21-24-17(23-16)22-15-3-2-13(18)10-14(15)19/h2-5,7-8,10-11H,6,9H2,1H3,(H,22,23,24). The van der Waals surface area contributed by atoms with Gasteiger partial charge in [-0.3, -0.25) is 4.98 Å². The number of anilines is 3. The second kappa shape index (κ2) is 7.61. The van der Waals surface area contributed by atoms with E-state index in [9.17, 15) is 8.78 Å². The molecule has 0 aliphatic carbocycles. The van der Waals surface area contributed by atoms with Gasteiger partial charge in [-0.2, -0.15) is 10.1 Å². The fraction of sp³-hybridized carbons (Fsp3) is 0.176. The Morgan fingerprint density at radius 3 is 2.68 bits per heavy atom. The third-order valence-corrected chi connectivity index (χ3v) is 3.60. The second-order valence-electron chi connectivity index (χ2n) is 5.41. The van der Waals surface area contributed by atoms with Gasteiger partial charge in [0.05, 0.1) is 11.9 Å². The summed E-state index contributed by atoms with van der Waals surface area (Å²) in [6.45, 7) is 0.715. The third-order valence-electron chi connectivity index (χ3n) is 3.60. The van der Waals surface area contributed by atoms with E-state index < -0.39 is 11.6 Å². The number of hydrogen-bond donors (Lipinski definition) is 1. The van der Waals surface area contributed by atoms with E-state index in [1.165, 1.54) is 12.3 Å². The highest BCUT2D eigenvalue weighted by Gasteiger charge is 2.09. The minimum Gasteiger partial charge on any atom is -0.358 e. The fourth-order valence-corrected chi connectivity index (χ4v) is 2.20. The van der Waals surface area contributed by atoms with Gasteiger partial charge in [-0.1, -0.05) is 0 Å². The van der Waals surface area contributed by atoms with Crippen molar-refractivity contribution in [2.75, 3.05) is 23.8 Å². The summed E-state index contributed by atoms with van der Waals surface area (Å²) in [6, 6.07) is 7.14. The summed E-state index contributed by atoms with van der Waals surface area (Å²) >= 11 is 0. The largest absolute Gasteiger partial charge is 0.358 e. The van der Waals surface area contributed by atoms with Crippen LogP contribution in [-0.2, 0) is 6.42 Å². The SMILES string of the molecule is CN(CCc1ccncc1)c1cnnc(Nc2ccc(F)cc2F)n1. The minimum absolute atomic E-state index is 0.0831. The smallest absolute Gasteiger partial charge is 0.249 e. The fourth-order valence-electron chi connectivity index (χ4n) is 2.20. The number of halogens is 2. The van der Waals surface area contributed by atoms with Gasteiger partial charge in [0.2, 0.25) is 5.95 Å². The van der Waals surface area contributed by atoms with Gasteiger partial charge in [0.15, 0.2) is 5.82 Å². The van der Waals surface area contributed by atoms with Crippen molar-refractivity contribution in [3.63, 3.8) is 0 Å². The van der Waals surface area contributed by atoms with Crippen molar-refractivity contribution in [1.82, 2.24) is 20.2 Å². The molecule has 3 aromatic rings. The van der Waals surface area contributed by atoms with Gasteiger partial charge in [0.1, 0.15) is 11.6 Å². The van der Waals surface area contributed by atoms with Crippen LogP contribution >= 0.6 is 0 Å². The number of benzene rings is 1. The van der Waals surface area contributed by atoms with Gasteiger partial charge < -0.3 is 10.2 Å². The van der Waals surface area contributed by atoms with E-state index in [0.29, 0.717) is 12.4 Å². The predicted octanol–water partition coefficient (Wildman–Crippen LogP) is 2.97. The van der Waals surface area contributed by atoms with Gasteiger partial charge in [-0.15, -0.1) is 5.10 Å². The van der Waals surface area contributed by atoms with Crippen molar-refractivity contribution in [3.8, 4) is 0 Å². The molecule has 0 fully saturated rings. The van der Waals surface area contributed by atoms with Crippen LogP contribution < -0.4 is 10.2 Å². The number of hydrogen-bond acceptors (Lipinski definition) is 6. The van der Waals surface area contributed by atoms with Crippen molar-refractivity contribution < 1.29 is 8.78 Å². The molecular formula is C17H16F2N6. The van der Waals surface area contributed by atoms with Crippen LogP contribution in [0.4, 0.5) is 26.2 Å². The first kappa shape index (κ1) is 16.7. The van der Waals surface area contributed by atoms with Gasteiger partial charge in [0.25, 0.3) is 0 Å². The normalized spacial score (nSPS) is 10.5. The predicted molar refractivity (Wildman–Crippen MR) is 90.7 cm³/mol. The van der Waals surface area contributed by atoms with E-state index in [-0.39, 0.29) is 11.6 Å². The maximum atomic E-state index is 13.7. The Morgan fingerprint density at radius 1 is 1.12 bits per heavy atom. The van der Waals surface area contributed by atoms with Crippen molar-refractivity contribution in [3.05, 3.63) is 66.1 Å². The van der Waals surface area contributed by atoms with Crippen LogP contribution in [0.2, 0.25) is 0 Å². The number of rotatable bonds is 6. The van der Waals surface area contributed by atoms with Crippen LogP contribution in [0.15, 0.2) is 48.9 Å². The molecule has 0 amide bonds. The summed E-state index contributed by atoms with van der Waals surface area (Å²) in [4.78, 5) is 10.2. The molecule has 0 bridgehead atoms. The Labute approximate surface area is 143 Å². The Hall–Kier alpha value is -3.16. The number of nitrogens with zero attached hydrogens (tertiary/aromatic N) is 5. The lowest BCUT2D eigenvalue weighted by Gasteiger charge is -2.18. The van der Waals surface area contributed by atoms with Crippen molar-refractivity contribution in [1.29, 1.82) is 0 Å². The Bertz CT molecular complexity index is 844. The van der Waals surface area contributed by atoms with Crippen LogP contribution in [0.3, 0.4) is 0 Å². The van der Waals surface area contributed by atoms with Gasteiger partial charge in [-0.05, 0) is 36.2 Å². The summed E-state index contributed by atoms with van der Waals surface area (Å²) < 4.78 is 26.7. The monoisotopic (exact) mass is 342 g/mol. The minimum atomic E-state index is -0.722. The molecule has 25 heavy (non-hydrogen) atoms. The zero-order valence-corrected chi connectivity index (χ0v) is 13.5. The third kappa shape index (κ3) is 4.43. The van der Waals surface area contributed by atoms with Crippen molar-refractivity contribution in [2.45, 2.75) is 6.42 Å². The molecule has 0 radical (unpaired) electrons. The Kier molecular flexibility index (Phi) is 5.08. The lowest BCUT2D eigenvalue weighted by atomic mass is 10.2. The molecule has 0 saturated carbocycles. The number of aromatic nitrogens is 4. The van der Waals surface area contributed by atoms with E-state index in [0.717, 1.165) is 24.1 Å². The molecule has 0 aliphatic rings. The first-order chi connectivity index (χ1) is 12.1.